The van der Waals surface area contributed by atoms with Crippen LogP contribution in [0.4, 0.5) is 14.5 Å². The lowest BCUT2D eigenvalue weighted by Gasteiger charge is -2.10. The number of carbonyl (C=O) groups is 1. The molecular weight excluding hydrogens is 354 g/mol. The molecule has 3 aromatic rings. The minimum Gasteiger partial charge on any atom is -0.486 e. The molecule has 0 bridgehead atoms. The van der Waals surface area contributed by atoms with E-state index in [1.807, 2.05) is 0 Å². The molecule has 1 amide bonds. The Kier molecular flexibility index (Phi) is 5.68. The van der Waals surface area contributed by atoms with Crippen LogP contribution in [0.3, 0.4) is 0 Å². The zero-order chi connectivity index (χ0) is 19.2. The molecule has 0 spiro atoms. The average Bonchev–Trinajstić information content (AvgIpc) is 2.69. The topological polar surface area (TPSA) is 90.1 Å². The Labute approximate surface area is 153 Å². The van der Waals surface area contributed by atoms with Crippen molar-refractivity contribution in [3.05, 3.63) is 72.2 Å². The van der Waals surface area contributed by atoms with E-state index in [1.54, 1.807) is 24.4 Å². The van der Waals surface area contributed by atoms with Gasteiger partial charge in [0.15, 0.2) is 11.6 Å². The number of hydrogen-bond donors (Lipinski definition) is 2. The van der Waals surface area contributed by atoms with E-state index in [4.69, 9.17) is 10.5 Å². The number of nitrogens with zero attached hydrogens (tertiary/aromatic N) is 2. The maximum Gasteiger partial charge on any atom is 0.255 e. The minimum absolute atomic E-state index is 0.0325. The van der Waals surface area contributed by atoms with Crippen molar-refractivity contribution in [3.8, 4) is 5.75 Å². The Bertz CT molecular complexity index is 1010. The number of benzene rings is 2. The molecule has 0 unspecified atom stereocenters. The second-order valence-electron chi connectivity index (χ2n) is 5.66. The van der Waals surface area contributed by atoms with Crippen LogP contribution in [0.25, 0.3) is 10.9 Å². The molecule has 0 aliphatic heterocycles. The van der Waals surface area contributed by atoms with Crippen LogP contribution < -0.4 is 15.8 Å². The molecule has 0 aliphatic rings. The maximum atomic E-state index is 14.1. The van der Waals surface area contributed by atoms with Gasteiger partial charge in [-0.05, 0) is 36.4 Å². The lowest BCUT2D eigenvalue weighted by atomic mass is 10.1. The fourth-order valence-electron chi connectivity index (χ4n) is 2.32. The minimum atomic E-state index is -0.732. The molecule has 3 rings (SSSR count). The molecule has 0 fully saturated rings. The third kappa shape index (κ3) is 4.42. The number of rotatable bonds is 6. The van der Waals surface area contributed by atoms with Gasteiger partial charge in [-0.25, -0.2) is 18.7 Å². The number of carbonyl (C=O) groups excluding carboxylic acids is 1. The van der Waals surface area contributed by atoms with E-state index in [2.05, 4.69) is 15.3 Å². The van der Waals surface area contributed by atoms with Crippen LogP contribution in [0.15, 0.2) is 60.8 Å². The number of halogens is 2. The van der Waals surface area contributed by atoms with Crippen molar-refractivity contribution in [2.24, 2.45) is 5.73 Å². The van der Waals surface area contributed by atoms with Crippen molar-refractivity contribution in [1.82, 2.24) is 9.97 Å². The molecule has 0 saturated heterocycles. The number of fused-ring (bicyclic) bond motifs is 1. The summed E-state index contributed by atoms with van der Waals surface area (Å²) >= 11 is 0. The predicted octanol–water partition coefficient (Wildman–Crippen LogP) is 3.21. The van der Waals surface area contributed by atoms with Gasteiger partial charge in [0.1, 0.15) is 12.9 Å². The second kappa shape index (κ2) is 8.33. The second-order valence-corrected chi connectivity index (χ2v) is 5.66. The van der Waals surface area contributed by atoms with Crippen LogP contribution >= 0.6 is 0 Å². The van der Waals surface area contributed by atoms with E-state index in [0.717, 1.165) is 11.5 Å². The smallest absolute Gasteiger partial charge is 0.255 e. The highest BCUT2D eigenvalue weighted by Gasteiger charge is 2.12. The van der Waals surface area contributed by atoms with Gasteiger partial charge in [0.05, 0.1) is 11.8 Å². The Morgan fingerprint density at radius 3 is 2.85 bits per heavy atom. The van der Waals surface area contributed by atoms with Gasteiger partial charge >= 0.3 is 0 Å². The number of anilines is 1. The maximum absolute atomic E-state index is 14.1. The van der Waals surface area contributed by atoms with Crippen molar-refractivity contribution in [2.75, 3.05) is 18.5 Å². The van der Waals surface area contributed by atoms with Crippen LogP contribution in [-0.4, -0.2) is 29.0 Å². The van der Waals surface area contributed by atoms with Gasteiger partial charge in [0, 0.05) is 35.0 Å². The highest BCUT2D eigenvalue weighted by molar-refractivity contribution is 6.05. The summed E-state index contributed by atoms with van der Waals surface area (Å²) in [5.41, 5.74) is 6.82. The number of nitrogens with two attached hydrogens (primary N) is 1. The predicted molar refractivity (Wildman–Crippen MR) is 97.6 cm³/mol. The van der Waals surface area contributed by atoms with E-state index < -0.39 is 11.7 Å². The highest BCUT2D eigenvalue weighted by Crippen LogP contribution is 2.21. The molecular formula is C19H16F2N4O2. The van der Waals surface area contributed by atoms with Crippen molar-refractivity contribution < 1.29 is 18.3 Å². The molecule has 6 nitrogen and oxygen atoms in total. The third-order valence-corrected chi connectivity index (χ3v) is 3.79. The number of amides is 1. The van der Waals surface area contributed by atoms with Crippen LogP contribution in [0.2, 0.25) is 0 Å². The summed E-state index contributed by atoms with van der Waals surface area (Å²) in [6.07, 6.45) is 3.40. The van der Waals surface area contributed by atoms with Gasteiger partial charge in [-0.3, -0.25) is 4.79 Å². The van der Waals surface area contributed by atoms with Crippen LogP contribution in [-0.2, 0) is 0 Å². The molecule has 0 atom stereocenters. The van der Waals surface area contributed by atoms with Crippen molar-refractivity contribution in [2.45, 2.75) is 0 Å². The van der Waals surface area contributed by atoms with E-state index in [1.165, 1.54) is 18.5 Å². The first-order valence-corrected chi connectivity index (χ1v) is 8.02. The third-order valence-electron chi connectivity index (χ3n) is 3.79. The first-order valence-electron chi connectivity index (χ1n) is 8.02. The number of aromatic nitrogens is 2. The zero-order valence-electron chi connectivity index (χ0n) is 14.2. The van der Waals surface area contributed by atoms with Crippen molar-refractivity contribution in [1.29, 1.82) is 0 Å². The summed E-state index contributed by atoms with van der Waals surface area (Å²) in [5, 5.41) is 3.52. The van der Waals surface area contributed by atoms with Gasteiger partial charge in [-0.2, -0.15) is 0 Å². The molecule has 0 radical (unpaired) electrons. The summed E-state index contributed by atoms with van der Waals surface area (Å²) in [5.74, 6) is -1.31. The number of ether oxygens (including phenoxy) is 1. The summed E-state index contributed by atoms with van der Waals surface area (Å²) in [6, 6.07) is 8.95. The summed E-state index contributed by atoms with van der Waals surface area (Å²) < 4.78 is 31.8. The molecule has 8 heteroatoms. The van der Waals surface area contributed by atoms with Crippen LogP contribution in [0.5, 0.6) is 5.75 Å². The molecule has 27 heavy (non-hydrogen) atoms. The van der Waals surface area contributed by atoms with Crippen LogP contribution in [0, 0.1) is 5.82 Å². The number of hydrogen-bond acceptors (Lipinski definition) is 5. The van der Waals surface area contributed by atoms with Crippen molar-refractivity contribution >= 4 is 22.5 Å². The lowest BCUT2D eigenvalue weighted by molar-refractivity contribution is 0.102. The van der Waals surface area contributed by atoms with Gasteiger partial charge in [0.25, 0.3) is 5.91 Å². The summed E-state index contributed by atoms with van der Waals surface area (Å²) in [7, 11) is 0. The monoisotopic (exact) mass is 370 g/mol. The first kappa shape index (κ1) is 18.4. The van der Waals surface area contributed by atoms with Crippen molar-refractivity contribution in [3.63, 3.8) is 0 Å². The van der Waals surface area contributed by atoms with Gasteiger partial charge in [-0.15, -0.1) is 0 Å². The lowest BCUT2D eigenvalue weighted by Crippen LogP contribution is -2.13. The molecule has 0 aliphatic carbocycles. The Hall–Kier alpha value is -3.39. The average molecular weight is 370 g/mol. The van der Waals surface area contributed by atoms with Gasteiger partial charge < -0.3 is 15.8 Å². The Balaban J connectivity index is 1.71. The largest absolute Gasteiger partial charge is 0.486 e. The molecule has 3 N–H and O–H groups in total. The summed E-state index contributed by atoms with van der Waals surface area (Å²) in [4.78, 5) is 20.4. The molecule has 1 heterocycles. The Morgan fingerprint density at radius 2 is 2.11 bits per heavy atom. The first-order chi connectivity index (χ1) is 13.1. The van der Waals surface area contributed by atoms with Gasteiger partial charge in [-0.1, -0.05) is 0 Å². The zero-order valence-corrected chi connectivity index (χ0v) is 14.2. The normalized spacial score (nSPS) is 11.4. The fourth-order valence-corrected chi connectivity index (χ4v) is 2.32. The molecule has 0 saturated carbocycles. The van der Waals surface area contributed by atoms with Crippen LogP contribution in [0.1, 0.15) is 10.4 Å². The highest BCUT2D eigenvalue weighted by atomic mass is 19.1. The van der Waals surface area contributed by atoms with E-state index in [9.17, 15) is 13.6 Å². The van der Waals surface area contributed by atoms with E-state index >= 15 is 0 Å². The SMILES string of the molecule is NC/C(=C/F)COc1ccc(C(=O)Nc2ccc3cncnc3c2)cc1F. The molecule has 2 aromatic carbocycles. The quantitative estimate of drug-likeness (QED) is 0.695. The number of nitrogens with one attached hydrogen (secondary N) is 1. The van der Waals surface area contributed by atoms with E-state index in [0.29, 0.717) is 17.5 Å². The molecule has 138 valence electrons. The van der Waals surface area contributed by atoms with Gasteiger partial charge in [0.2, 0.25) is 0 Å². The standard InChI is InChI=1S/C19H16F2N4O2/c20-7-12(8-22)10-27-18-4-2-13(5-16(18)21)19(26)25-15-3-1-14-9-23-11-24-17(14)6-15/h1-7,9,11H,8,10,22H2,(H,25,26)/b12-7-. The van der Waals surface area contributed by atoms with E-state index in [-0.39, 0.29) is 30.0 Å². The Morgan fingerprint density at radius 1 is 1.26 bits per heavy atom. The fraction of sp³-hybridized carbons (Fsp3) is 0.105. The summed E-state index contributed by atoms with van der Waals surface area (Å²) in [6.45, 7) is -0.205. The molecule has 1 aromatic heterocycles.